The number of likely N-dealkylation sites (tertiary alicyclic amines) is 1. The van der Waals surface area contributed by atoms with Crippen molar-refractivity contribution in [3.05, 3.63) is 5.01 Å². The van der Waals surface area contributed by atoms with Gasteiger partial charge in [-0.05, 0) is 39.8 Å². The van der Waals surface area contributed by atoms with Crippen molar-refractivity contribution >= 4 is 23.1 Å². The molecular weight excluding hydrogens is 238 g/mol. The van der Waals surface area contributed by atoms with Gasteiger partial charge in [0.05, 0.1) is 0 Å². The Kier molecular flexibility index (Phi) is 4.61. The number of aryl methyl sites for hydroxylation is 1. The van der Waals surface area contributed by atoms with Gasteiger partial charge >= 0.3 is 0 Å². The van der Waals surface area contributed by atoms with Crippen molar-refractivity contribution in [1.82, 2.24) is 15.1 Å². The molecule has 1 aliphatic rings. The molecule has 1 unspecified atom stereocenters. The van der Waals surface area contributed by atoms with E-state index >= 15 is 0 Å². The molecule has 0 spiro atoms. The number of rotatable bonds is 4. The Labute approximate surface area is 106 Å². The van der Waals surface area contributed by atoms with Gasteiger partial charge < -0.3 is 4.90 Å². The van der Waals surface area contributed by atoms with Gasteiger partial charge in [0, 0.05) is 11.8 Å². The Bertz CT molecular complexity index is 327. The van der Waals surface area contributed by atoms with Crippen LogP contribution in [-0.2, 0) is 0 Å². The molecule has 1 aromatic rings. The van der Waals surface area contributed by atoms with Crippen LogP contribution in [-0.4, -0.2) is 40.5 Å². The third-order valence-electron chi connectivity index (χ3n) is 3.11. The maximum atomic E-state index is 4.14. The van der Waals surface area contributed by atoms with E-state index in [0.717, 1.165) is 15.4 Å². The molecule has 1 atom stereocenters. The van der Waals surface area contributed by atoms with Crippen LogP contribution in [0.1, 0.15) is 30.7 Å². The minimum Gasteiger partial charge on any atom is -0.303 e. The molecule has 3 nitrogen and oxygen atoms in total. The van der Waals surface area contributed by atoms with Gasteiger partial charge in [0.15, 0.2) is 4.34 Å². The second-order valence-electron chi connectivity index (χ2n) is 4.35. The Morgan fingerprint density at radius 3 is 3.00 bits per heavy atom. The van der Waals surface area contributed by atoms with E-state index in [9.17, 15) is 0 Å². The highest BCUT2D eigenvalue weighted by atomic mass is 32.2. The summed E-state index contributed by atoms with van der Waals surface area (Å²) in [4.78, 5) is 2.51. The smallest absolute Gasteiger partial charge is 0.174 e. The molecule has 0 radical (unpaired) electrons. The zero-order valence-corrected chi connectivity index (χ0v) is 11.6. The predicted molar refractivity (Wildman–Crippen MR) is 70.3 cm³/mol. The van der Waals surface area contributed by atoms with Crippen LogP contribution in [0.25, 0.3) is 0 Å². The summed E-state index contributed by atoms with van der Waals surface area (Å²) in [5.41, 5.74) is 0. The lowest BCUT2D eigenvalue weighted by Crippen LogP contribution is -2.36. The summed E-state index contributed by atoms with van der Waals surface area (Å²) in [5, 5.41) is 9.24. The summed E-state index contributed by atoms with van der Waals surface area (Å²) >= 11 is 3.56. The van der Waals surface area contributed by atoms with Crippen LogP contribution in [0.2, 0.25) is 0 Å². The van der Waals surface area contributed by atoms with E-state index < -0.39 is 0 Å². The normalized spacial score (nSPS) is 22.5. The minimum atomic E-state index is 0.787. The van der Waals surface area contributed by atoms with Crippen molar-refractivity contribution in [3.8, 4) is 0 Å². The van der Waals surface area contributed by atoms with Crippen LogP contribution in [0.5, 0.6) is 0 Å². The summed E-state index contributed by atoms with van der Waals surface area (Å²) in [6.45, 7) is 3.28. The van der Waals surface area contributed by atoms with Crippen molar-refractivity contribution in [2.45, 2.75) is 43.0 Å². The molecule has 90 valence electrons. The number of thioether (sulfide) groups is 1. The van der Waals surface area contributed by atoms with Crippen LogP contribution in [0.3, 0.4) is 0 Å². The number of hydrogen-bond donors (Lipinski definition) is 0. The third-order valence-corrected chi connectivity index (χ3v) is 5.11. The maximum Gasteiger partial charge on any atom is 0.174 e. The number of nitrogens with zero attached hydrogens (tertiary/aromatic N) is 3. The highest BCUT2D eigenvalue weighted by molar-refractivity contribution is 8.01. The predicted octanol–water partition coefficient (Wildman–Crippen LogP) is 2.81. The molecule has 5 heteroatoms. The zero-order valence-electron chi connectivity index (χ0n) is 9.98. The first-order valence-electron chi connectivity index (χ1n) is 5.89. The highest BCUT2D eigenvalue weighted by Gasteiger charge is 2.18. The van der Waals surface area contributed by atoms with Crippen LogP contribution in [0.4, 0.5) is 0 Å². The fraction of sp³-hybridized carbons (Fsp3) is 0.818. The van der Waals surface area contributed by atoms with Crippen LogP contribution < -0.4 is 0 Å². The maximum absolute atomic E-state index is 4.14. The number of piperidine rings is 1. The summed E-state index contributed by atoms with van der Waals surface area (Å²) in [5.74, 6) is 1.17. The molecular formula is C11H19N3S2. The van der Waals surface area contributed by atoms with E-state index in [1.807, 2.05) is 18.7 Å². The van der Waals surface area contributed by atoms with Crippen LogP contribution in [0.15, 0.2) is 4.34 Å². The quantitative estimate of drug-likeness (QED) is 0.776. The fourth-order valence-electron chi connectivity index (χ4n) is 2.13. The average molecular weight is 257 g/mol. The second-order valence-corrected chi connectivity index (χ2v) is 6.88. The van der Waals surface area contributed by atoms with Crippen LogP contribution in [0, 0.1) is 6.92 Å². The molecule has 1 fully saturated rings. The van der Waals surface area contributed by atoms with Crippen molar-refractivity contribution in [2.75, 3.05) is 19.3 Å². The Hall–Kier alpha value is -0.130. The SMILES string of the molecule is Cc1nnc(SCCC2CCCCN2C)s1. The van der Waals surface area contributed by atoms with E-state index in [1.165, 1.54) is 38.0 Å². The lowest BCUT2D eigenvalue weighted by Gasteiger charge is -2.32. The molecule has 2 heterocycles. The number of aromatic nitrogens is 2. The van der Waals surface area contributed by atoms with E-state index in [1.54, 1.807) is 11.3 Å². The summed E-state index contributed by atoms with van der Waals surface area (Å²) in [6, 6.07) is 0.787. The van der Waals surface area contributed by atoms with Crippen molar-refractivity contribution < 1.29 is 0 Å². The third kappa shape index (κ3) is 3.43. The topological polar surface area (TPSA) is 29.0 Å². The van der Waals surface area contributed by atoms with E-state index in [2.05, 4.69) is 22.1 Å². The first-order chi connectivity index (χ1) is 7.75. The average Bonchev–Trinajstić information content (AvgIpc) is 2.67. The molecule has 1 saturated heterocycles. The first-order valence-corrected chi connectivity index (χ1v) is 7.69. The highest BCUT2D eigenvalue weighted by Crippen LogP contribution is 2.25. The van der Waals surface area contributed by atoms with Gasteiger partial charge in [0.2, 0.25) is 0 Å². The summed E-state index contributed by atoms with van der Waals surface area (Å²) in [7, 11) is 2.25. The minimum absolute atomic E-state index is 0.787. The molecule has 0 saturated carbocycles. The van der Waals surface area contributed by atoms with E-state index in [0.29, 0.717) is 0 Å². The molecule has 0 aliphatic carbocycles. The van der Waals surface area contributed by atoms with Crippen molar-refractivity contribution in [1.29, 1.82) is 0 Å². The molecule has 1 aromatic heterocycles. The van der Waals surface area contributed by atoms with Gasteiger partial charge in [-0.1, -0.05) is 29.5 Å². The van der Waals surface area contributed by atoms with Gasteiger partial charge in [-0.25, -0.2) is 0 Å². The zero-order chi connectivity index (χ0) is 11.4. The Morgan fingerprint density at radius 2 is 2.31 bits per heavy atom. The van der Waals surface area contributed by atoms with E-state index in [-0.39, 0.29) is 0 Å². The van der Waals surface area contributed by atoms with E-state index in [4.69, 9.17) is 0 Å². The van der Waals surface area contributed by atoms with Gasteiger partial charge in [0.1, 0.15) is 5.01 Å². The molecule has 1 aliphatic heterocycles. The standard InChI is InChI=1S/C11H19N3S2/c1-9-12-13-11(16-9)15-8-6-10-5-3-4-7-14(10)2/h10H,3-8H2,1-2H3. The van der Waals surface area contributed by atoms with Crippen LogP contribution >= 0.6 is 23.1 Å². The number of hydrogen-bond acceptors (Lipinski definition) is 5. The van der Waals surface area contributed by atoms with Crippen molar-refractivity contribution in [3.63, 3.8) is 0 Å². The van der Waals surface area contributed by atoms with Crippen molar-refractivity contribution in [2.24, 2.45) is 0 Å². The fourth-order valence-corrected chi connectivity index (χ4v) is 4.05. The summed E-state index contributed by atoms with van der Waals surface area (Å²) in [6.07, 6.45) is 5.42. The molecule has 16 heavy (non-hydrogen) atoms. The monoisotopic (exact) mass is 257 g/mol. The Balaban J connectivity index is 1.71. The molecule has 0 bridgehead atoms. The van der Waals surface area contributed by atoms with Gasteiger partial charge in [-0.3, -0.25) is 0 Å². The summed E-state index contributed by atoms with van der Waals surface area (Å²) < 4.78 is 1.12. The van der Waals surface area contributed by atoms with Gasteiger partial charge in [0.25, 0.3) is 0 Å². The molecule has 0 N–H and O–H groups in total. The molecule has 0 amide bonds. The van der Waals surface area contributed by atoms with Gasteiger partial charge in [-0.15, -0.1) is 10.2 Å². The lowest BCUT2D eigenvalue weighted by molar-refractivity contribution is 0.182. The molecule has 0 aromatic carbocycles. The largest absolute Gasteiger partial charge is 0.303 e. The Morgan fingerprint density at radius 1 is 1.44 bits per heavy atom. The second kappa shape index (κ2) is 5.98. The van der Waals surface area contributed by atoms with Gasteiger partial charge in [-0.2, -0.15) is 0 Å². The molecule has 2 rings (SSSR count). The lowest BCUT2D eigenvalue weighted by atomic mass is 10.0. The first kappa shape index (κ1) is 12.3.